The van der Waals surface area contributed by atoms with Crippen LogP contribution in [0.25, 0.3) is 0 Å². The molecule has 116 valence electrons. The summed E-state index contributed by atoms with van der Waals surface area (Å²) in [4.78, 5) is 11.2. The number of carbonyl (C=O) groups is 1. The van der Waals surface area contributed by atoms with Gasteiger partial charge in [0.2, 0.25) is 0 Å². The van der Waals surface area contributed by atoms with Gasteiger partial charge in [0.25, 0.3) is 0 Å². The molecule has 1 aliphatic rings. The van der Waals surface area contributed by atoms with Crippen LogP contribution < -0.4 is 0 Å². The van der Waals surface area contributed by atoms with E-state index in [9.17, 15) is 4.79 Å². The lowest BCUT2D eigenvalue weighted by Crippen LogP contribution is -2.06. The normalized spacial score (nSPS) is 17.5. The number of alkyl halides is 1. The monoisotopic (exact) mass is 328 g/mol. The summed E-state index contributed by atoms with van der Waals surface area (Å²) in [6, 6.07) is 6.12. The fourth-order valence-corrected chi connectivity index (χ4v) is 3.58. The van der Waals surface area contributed by atoms with E-state index < -0.39 is 0 Å². The number of hydrogen-bond acceptors (Lipinski definition) is 2. The van der Waals surface area contributed by atoms with Crippen molar-refractivity contribution in [2.45, 2.75) is 56.2 Å². The van der Waals surface area contributed by atoms with E-state index in [1.54, 1.807) is 0 Å². The van der Waals surface area contributed by atoms with Crippen molar-refractivity contribution >= 4 is 29.2 Å². The van der Waals surface area contributed by atoms with Gasteiger partial charge in [-0.05, 0) is 42.4 Å². The molecule has 0 bridgehead atoms. The number of methoxy groups -OCH3 is 1. The number of esters is 1. The fraction of sp³-hybridized carbons (Fsp3) is 0.588. The minimum Gasteiger partial charge on any atom is -0.469 e. The molecular formula is C17H22Cl2O2. The third-order valence-corrected chi connectivity index (χ3v) is 5.06. The Labute approximate surface area is 136 Å². The number of halogens is 2. The molecule has 0 aliphatic heterocycles. The molecule has 0 spiro atoms. The zero-order chi connectivity index (χ0) is 15.2. The molecule has 2 rings (SSSR count). The average Bonchev–Trinajstić information content (AvgIpc) is 2.52. The first-order chi connectivity index (χ1) is 10.1. The van der Waals surface area contributed by atoms with Crippen molar-refractivity contribution in [3.8, 4) is 0 Å². The molecule has 1 atom stereocenters. The van der Waals surface area contributed by atoms with Gasteiger partial charge in [0, 0.05) is 11.4 Å². The van der Waals surface area contributed by atoms with Crippen LogP contribution in [-0.2, 0) is 9.53 Å². The van der Waals surface area contributed by atoms with E-state index in [0.717, 1.165) is 10.6 Å². The molecule has 1 aliphatic carbocycles. The molecule has 0 N–H and O–H groups in total. The molecule has 0 aromatic heterocycles. The Hall–Kier alpha value is -0.730. The first-order valence-electron chi connectivity index (χ1n) is 7.62. The highest BCUT2D eigenvalue weighted by Gasteiger charge is 2.19. The summed E-state index contributed by atoms with van der Waals surface area (Å²) in [5.74, 6) is 0.356. The first kappa shape index (κ1) is 16.6. The summed E-state index contributed by atoms with van der Waals surface area (Å²) in [5.41, 5.74) is 2.22. The van der Waals surface area contributed by atoms with Crippen molar-refractivity contribution in [3.05, 3.63) is 34.3 Å². The van der Waals surface area contributed by atoms with Gasteiger partial charge in [0.15, 0.2) is 0 Å². The van der Waals surface area contributed by atoms with Gasteiger partial charge in [-0.15, -0.1) is 11.6 Å². The van der Waals surface area contributed by atoms with Crippen LogP contribution in [0.2, 0.25) is 5.02 Å². The van der Waals surface area contributed by atoms with Crippen molar-refractivity contribution in [1.82, 2.24) is 0 Å². The van der Waals surface area contributed by atoms with Crippen molar-refractivity contribution in [1.29, 1.82) is 0 Å². The fourth-order valence-electron chi connectivity index (χ4n) is 3.00. The minimum absolute atomic E-state index is 0.206. The second-order valence-corrected chi connectivity index (χ2v) is 6.63. The highest BCUT2D eigenvalue weighted by molar-refractivity contribution is 6.31. The lowest BCUT2D eigenvalue weighted by atomic mass is 9.83. The Morgan fingerprint density at radius 2 is 2.05 bits per heavy atom. The van der Waals surface area contributed by atoms with Crippen LogP contribution in [0.15, 0.2) is 18.2 Å². The number of ether oxygens (including phenoxy) is 1. The predicted octanol–water partition coefficient (Wildman–Crippen LogP) is 5.62. The number of benzene rings is 1. The molecule has 1 aromatic carbocycles. The van der Waals surface area contributed by atoms with Gasteiger partial charge >= 0.3 is 5.97 Å². The topological polar surface area (TPSA) is 26.3 Å². The summed E-state index contributed by atoms with van der Waals surface area (Å²) in [5, 5.41) is 0.602. The van der Waals surface area contributed by atoms with Gasteiger partial charge in [-0.25, -0.2) is 0 Å². The molecule has 1 aromatic rings. The van der Waals surface area contributed by atoms with Gasteiger partial charge in [-0.1, -0.05) is 43.0 Å². The quantitative estimate of drug-likeness (QED) is 0.517. The first-order valence-corrected chi connectivity index (χ1v) is 8.43. The third kappa shape index (κ3) is 4.62. The average molecular weight is 329 g/mol. The second-order valence-electron chi connectivity index (χ2n) is 5.70. The van der Waals surface area contributed by atoms with Crippen molar-refractivity contribution in [2.75, 3.05) is 7.11 Å². The Morgan fingerprint density at radius 1 is 1.33 bits per heavy atom. The zero-order valence-corrected chi connectivity index (χ0v) is 13.9. The van der Waals surface area contributed by atoms with Crippen LogP contribution >= 0.6 is 23.2 Å². The number of carbonyl (C=O) groups excluding carboxylic acids is 1. The van der Waals surface area contributed by atoms with Gasteiger partial charge in [0.1, 0.15) is 0 Å². The van der Waals surface area contributed by atoms with E-state index in [4.69, 9.17) is 23.2 Å². The van der Waals surface area contributed by atoms with Crippen LogP contribution in [0.1, 0.15) is 67.4 Å². The van der Waals surface area contributed by atoms with Crippen molar-refractivity contribution in [2.24, 2.45) is 0 Å². The van der Waals surface area contributed by atoms with Crippen LogP contribution in [-0.4, -0.2) is 13.1 Å². The molecule has 0 radical (unpaired) electrons. The van der Waals surface area contributed by atoms with Gasteiger partial charge in [-0.2, -0.15) is 0 Å². The Morgan fingerprint density at radius 3 is 2.67 bits per heavy atom. The van der Waals surface area contributed by atoms with Crippen LogP contribution in [0, 0.1) is 0 Å². The van der Waals surface area contributed by atoms with E-state index in [0.29, 0.717) is 18.8 Å². The Kier molecular flexibility index (Phi) is 6.38. The third-order valence-electron chi connectivity index (χ3n) is 4.26. The Balaban J connectivity index is 2.02. The highest BCUT2D eigenvalue weighted by Crippen LogP contribution is 2.38. The van der Waals surface area contributed by atoms with Crippen LogP contribution in [0.3, 0.4) is 0 Å². The molecule has 0 saturated heterocycles. The standard InChI is InChI=1S/C17H22Cl2O2/c1-21-17(20)10-9-15(18)13-7-8-14(16(19)11-13)12-5-3-2-4-6-12/h7-8,11-12,15H,2-6,9-10H2,1H3. The van der Waals surface area contributed by atoms with E-state index in [2.05, 4.69) is 10.8 Å². The van der Waals surface area contributed by atoms with E-state index >= 15 is 0 Å². The van der Waals surface area contributed by atoms with Gasteiger partial charge in [-0.3, -0.25) is 4.79 Å². The lowest BCUT2D eigenvalue weighted by molar-refractivity contribution is -0.140. The molecule has 1 fully saturated rings. The summed E-state index contributed by atoms with van der Waals surface area (Å²) in [6.45, 7) is 0. The second kappa shape index (κ2) is 8.05. The number of hydrogen-bond donors (Lipinski definition) is 0. The van der Waals surface area contributed by atoms with Crippen molar-refractivity contribution < 1.29 is 9.53 Å². The minimum atomic E-state index is -0.231. The van der Waals surface area contributed by atoms with E-state index in [-0.39, 0.29) is 11.3 Å². The van der Waals surface area contributed by atoms with Crippen LogP contribution in [0.5, 0.6) is 0 Å². The number of rotatable bonds is 5. The summed E-state index contributed by atoms with van der Waals surface area (Å²) >= 11 is 12.8. The molecular weight excluding hydrogens is 307 g/mol. The largest absolute Gasteiger partial charge is 0.469 e. The van der Waals surface area contributed by atoms with Gasteiger partial charge in [0.05, 0.1) is 12.5 Å². The molecule has 1 unspecified atom stereocenters. The predicted molar refractivity (Wildman–Crippen MR) is 87.1 cm³/mol. The summed E-state index contributed by atoms with van der Waals surface area (Å²) in [7, 11) is 1.39. The molecule has 0 amide bonds. The SMILES string of the molecule is COC(=O)CCC(Cl)c1ccc(C2CCCCC2)c(Cl)c1. The molecule has 0 heterocycles. The molecule has 21 heavy (non-hydrogen) atoms. The highest BCUT2D eigenvalue weighted by atomic mass is 35.5. The van der Waals surface area contributed by atoms with Gasteiger partial charge < -0.3 is 4.74 Å². The van der Waals surface area contributed by atoms with Crippen molar-refractivity contribution in [3.63, 3.8) is 0 Å². The van der Waals surface area contributed by atoms with E-state index in [1.165, 1.54) is 44.8 Å². The van der Waals surface area contributed by atoms with E-state index in [1.807, 2.05) is 12.1 Å². The summed E-state index contributed by atoms with van der Waals surface area (Å²) < 4.78 is 4.64. The summed E-state index contributed by atoms with van der Waals surface area (Å²) in [6.07, 6.45) is 7.26. The Bertz CT molecular complexity index is 482. The smallest absolute Gasteiger partial charge is 0.305 e. The van der Waals surface area contributed by atoms with Crippen LogP contribution in [0.4, 0.5) is 0 Å². The maximum Gasteiger partial charge on any atom is 0.305 e. The molecule has 1 saturated carbocycles. The zero-order valence-electron chi connectivity index (χ0n) is 12.4. The lowest BCUT2D eigenvalue weighted by Gasteiger charge is -2.23. The molecule has 2 nitrogen and oxygen atoms in total. The maximum atomic E-state index is 11.2. The maximum absolute atomic E-state index is 11.2. The molecule has 4 heteroatoms.